The molecule has 0 saturated carbocycles. The number of imidazole rings is 1. The first-order valence-corrected chi connectivity index (χ1v) is 24.8. The summed E-state index contributed by atoms with van der Waals surface area (Å²) in [7, 11) is 0. The van der Waals surface area contributed by atoms with Crippen LogP contribution in [0.2, 0.25) is 0 Å². The largest absolute Gasteiger partial charge is 0.510 e. The molecular formula is C67H41N6OPt-3. The van der Waals surface area contributed by atoms with Gasteiger partial charge in [-0.15, -0.1) is 29.3 Å². The van der Waals surface area contributed by atoms with Crippen molar-refractivity contribution in [2.45, 2.75) is 6.92 Å². The zero-order valence-corrected chi connectivity index (χ0v) is 42.6. The van der Waals surface area contributed by atoms with Crippen molar-refractivity contribution in [2.75, 3.05) is 0 Å². The molecule has 0 atom stereocenters. The van der Waals surface area contributed by atoms with E-state index in [0.717, 1.165) is 106 Å². The van der Waals surface area contributed by atoms with E-state index in [0.29, 0.717) is 11.5 Å². The van der Waals surface area contributed by atoms with Gasteiger partial charge in [-0.05, 0) is 83.0 Å². The maximum Gasteiger partial charge on any atom is 0.135 e. The molecule has 0 N–H and O–H groups in total. The summed E-state index contributed by atoms with van der Waals surface area (Å²) >= 11 is 0. The van der Waals surface area contributed by atoms with Gasteiger partial charge in [-0.3, -0.25) is 0 Å². The molecule has 0 aliphatic heterocycles. The van der Waals surface area contributed by atoms with Crippen molar-refractivity contribution in [3.05, 3.63) is 255 Å². The summed E-state index contributed by atoms with van der Waals surface area (Å²) in [6.45, 7) is 2.21. The first-order chi connectivity index (χ1) is 36.6. The normalized spacial score (nSPS) is 11.7. The summed E-state index contributed by atoms with van der Waals surface area (Å²) in [4.78, 5) is 9.97. The van der Waals surface area contributed by atoms with Gasteiger partial charge >= 0.3 is 0 Å². The van der Waals surface area contributed by atoms with E-state index in [2.05, 4.69) is 226 Å². The van der Waals surface area contributed by atoms with Crippen molar-refractivity contribution < 1.29 is 25.8 Å². The molecule has 10 aromatic carbocycles. The van der Waals surface area contributed by atoms with Crippen LogP contribution >= 0.6 is 0 Å². The van der Waals surface area contributed by atoms with E-state index in [1.807, 2.05) is 53.1 Å². The van der Waals surface area contributed by atoms with Crippen molar-refractivity contribution in [1.82, 2.24) is 28.2 Å². The number of aryl methyl sites for hydroxylation is 1. The van der Waals surface area contributed by atoms with E-state index in [-0.39, 0.29) is 21.1 Å². The quantitative estimate of drug-likeness (QED) is 0.143. The first-order valence-electron chi connectivity index (χ1n) is 24.8. The van der Waals surface area contributed by atoms with Gasteiger partial charge in [-0.25, -0.2) is 4.98 Å². The second-order valence-corrected chi connectivity index (χ2v) is 18.8. The van der Waals surface area contributed by atoms with Crippen LogP contribution in [0, 0.1) is 25.4 Å². The summed E-state index contributed by atoms with van der Waals surface area (Å²) in [6, 6.07) is 86.2. The van der Waals surface area contributed by atoms with Crippen LogP contribution in [0.4, 0.5) is 0 Å². The summed E-state index contributed by atoms with van der Waals surface area (Å²) < 4.78 is 15.6. The van der Waals surface area contributed by atoms with E-state index in [1.165, 1.54) is 21.5 Å². The van der Waals surface area contributed by atoms with Crippen molar-refractivity contribution in [3.8, 4) is 56.6 Å². The Morgan fingerprint density at radius 3 is 1.63 bits per heavy atom. The van der Waals surface area contributed by atoms with E-state index in [9.17, 15) is 0 Å². The molecule has 75 heavy (non-hydrogen) atoms. The summed E-state index contributed by atoms with van der Waals surface area (Å²) in [5, 5.41) is 6.96. The summed E-state index contributed by atoms with van der Waals surface area (Å²) in [6.07, 6.45) is 5.20. The van der Waals surface area contributed by atoms with Gasteiger partial charge in [0.15, 0.2) is 0 Å². The van der Waals surface area contributed by atoms with Crippen LogP contribution < -0.4 is 4.74 Å². The fraction of sp³-hybridized carbons (Fsp3) is 0.0149. The van der Waals surface area contributed by atoms with Crippen molar-refractivity contribution in [2.24, 2.45) is 0 Å². The zero-order chi connectivity index (χ0) is 48.9. The fourth-order valence-corrected chi connectivity index (χ4v) is 11.3. The molecule has 0 amide bonds. The van der Waals surface area contributed by atoms with Crippen molar-refractivity contribution in [3.63, 3.8) is 0 Å². The SMILES string of the molecule is Cc1cc(-n2c3[c-]c(Oc4[c-]c(-n5[c-]nc6ccccc65)ccc4)ccc3c3cc(-c4ccccc4)ccc32)ncc1-c1c(-n2c3ccccc3c3ccccc32)cccc1-n1c2ccccc2c2ccccc21.[Pt]. The molecule has 0 aliphatic rings. The molecule has 15 aromatic rings. The number of fused-ring (bicyclic) bond motifs is 10. The average Bonchev–Trinajstić information content (AvgIpc) is 4.23. The molecule has 0 fully saturated rings. The molecule has 15 rings (SSSR count). The van der Waals surface area contributed by atoms with E-state index < -0.39 is 0 Å². The number of nitrogens with zero attached hydrogens (tertiary/aromatic N) is 6. The van der Waals surface area contributed by atoms with E-state index >= 15 is 0 Å². The maximum absolute atomic E-state index is 6.64. The topological polar surface area (TPSA) is 54.7 Å². The molecule has 7 nitrogen and oxygen atoms in total. The number of ether oxygens (including phenoxy) is 1. The van der Waals surface area contributed by atoms with Gasteiger partial charge in [0.25, 0.3) is 0 Å². The molecule has 0 spiro atoms. The monoisotopic (exact) mass is 1140 g/mol. The summed E-state index contributed by atoms with van der Waals surface area (Å²) in [5.74, 6) is 1.88. The van der Waals surface area contributed by atoms with Crippen LogP contribution in [-0.2, 0) is 21.1 Å². The molecule has 358 valence electrons. The van der Waals surface area contributed by atoms with Gasteiger partial charge in [0.2, 0.25) is 0 Å². The van der Waals surface area contributed by atoms with Gasteiger partial charge in [-0.1, -0.05) is 157 Å². The minimum absolute atomic E-state index is 0. The molecule has 0 aliphatic carbocycles. The smallest absolute Gasteiger partial charge is 0.135 e. The minimum Gasteiger partial charge on any atom is -0.510 e. The van der Waals surface area contributed by atoms with Crippen LogP contribution in [-0.4, -0.2) is 28.2 Å². The Hall–Kier alpha value is -9.29. The molecular weight excluding hydrogens is 1100 g/mol. The Kier molecular flexibility index (Phi) is 10.5. The minimum atomic E-state index is 0. The second kappa shape index (κ2) is 17.7. The maximum atomic E-state index is 6.64. The summed E-state index contributed by atoms with van der Waals surface area (Å²) in [5.41, 5.74) is 16.6. The molecule has 0 radical (unpaired) electrons. The van der Waals surface area contributed by atoms with Crippen LogP contribution in [0.25, 0.3) is 122 Å². The third kappa shape index (κ3) is 7.07. The Balaban J connectivity index is 0.00000516. The number of para-hydroxylation sites is 6. The second-order valence-electron chi connectivity index (χ2n) is 18.8. The number of hydrogen-bond donors (Lipinski definition) is 0. The van der Waals surface area contributed by atoms with Crippen molar-refractivity contribution in [1.29, 1.82) is 0 Å². The Labute approximate surface area is 446 Å². The molecule has 8 heteroatoms. The Bertz CT molecular complexity index is 4490. The fourth-order valence-electron chi connectivity index (χ4n) is 11.3. The third-order valence-electron chi connectivity index (χ3n) is 14.6. The van der Waals surface area contributed by atoms with Gasteiger partial charge in [0.1, 0.15) is 5.82 Å². The van der Waals surface area contributed by atoms with Gasteiger partial charge < -0.3 is 28.0 Å². The number of benzene rings is 10. The van der Waals surface area contributed by atoms with Gasteiger partial charge in [-0.2, -0.15) is 24.3 Å². The van der Waals surface area contributed by atoms with E-state index in [4.69, 9.17) is 9.72 Å². The zero-order valence-electron chi connectivity index (χ0n) is 40.3. The van der Waals surface area contributed by atoms with Gasteiger partial charge in [0.05, 0.1) is 33.4 Å². The third-order valence-corrected chi connectivity index (χ3v) is 14.6. The van der Waals surface area contributed by atoms with Gasteiger partial charge in [0, 0.05) is 83.3 Å². The Morgan fingerprint density at radius 1 is 0.427 bits per heavy atom. The van der Waals surface area contributed by atoms with Crippen LogP contribution in [0.15, 0.2) is 231 Å². The molecule has 5 heterocycles. The predicted octanol–water partition coefficient (Wildman–Crippen LogP) is 16.5. The van der Waals surface area contributed by atoms with Crippen LogP contribution in [0.5, 0.6) is 11.5 Å². The standard InChI is InChI=1S/C67H41N6O.Pt/c1-43-37-66(73-61-36-33-45(44-17-3-2-4-18-44)38-54(61)53-35-34-48(40-65(53)73)74-47-20-15-19-46(39-47)70-42-69-56-25-9-14-30-62(56)70)68-41-55(43)67-63(71-57-26-10-5-21-49(57)50-22-6-11-27-58(50)71)31-16-32-64(67)72-59-28-12-7-23-51(59)52-24-8-13-29-60(52)72;/h2-38,41H,1H3;/q-3;. The van der Waals surface area contributed by atoms with Crippen LogP contribution in [0.1, 0.15) is 5.56 Å². The van der Waals surface area contributed by atoms with Crippen molar-refractivity contribution >= 4 is 76.5 Å². The molecule has 5 aromatic heterocycles. The number of pyridine rings is 1. The number of hydrogen-bond acceptors (Lipinski definition) is 3. The van der Waals surface area contributed by atoms with Crippen LogP contribution in [0.3, 0.4) is 0 Å². The molecule has 0 unspecified atom stereocenters. The number of aromatic nitrogens is 6. The Morgan fingerprint density at radius 2 is 0.987 bits per heavy atom. The number of rotatable bonds is 8. The van der Waals surface area contributed by atoms with E-state index in [1.54, 1.807) is 0 Å². The average molecular weight is 1140 g/mol. The molecule has 0 saturated heterocycles. The predicted molar refractivity (Wildman–Crippen MR) is 301 cm³/mol. The first kappa shape index (κ1) is 44.4. The molecule has 0 bridgehead atoms.